The van der Waals surface area contributed by atoms with Gasteiger partial charge in [-0.05, 0) is 19.8 Å². The Kier molecular flexibility index (Phi) is 6.36. The molecule has 0 aliphatic heterocycles. The second kappa shape index (κ2) is 6.70. The Morgan fingerprint density at radius 2 is 2.00 bits per heavy atom. The van der Waals surface area contributed by atoms with Gasteiger partial charge in [0.25, 0.3) is 0 Å². The van der Waals surface area contributed by atoms with Gasteiger partial charge >= 0.3 is 0 Å². The maximum Gasteiger partial charge on any atom is 0.242 e. The average Bonchev–Trinajstić information content (AvgIpc) is 2.63. The molecule has 1 fully saturated rings. The first kappa shape index (κ1) is 15.2. The van der Waals surface area contributed by atoms with Crippen molar-refractivity contribution in [2.45, 2.75) is 38.3 Å². The molecule has 1 rings (SSSR count). The summed E-state index contributed by atoms with van der Waals surface area (Å²) in [5.74, 6) is -0.414. The minimum atomic E-state index is -0.490. The van der Waals surface area contributed by atoms with Gasteiger partial charge in [-0.2, -0.15) is 0 Å². The van der Waals surface area contributed by atoms with Crippen LogP contribution in [0.15, 0.2) is 0 Å². The second-order valence-electron chi connectivity index (χ2n) is 4.05. The quantitative estimate of drug-likeness (QED) is 0.647. The molecular weight excluding hydrogens is 230 g/mol. The Morgan fingerprint density at radius 1 is 1.38 bits per heavy atom. The zero-order valence-electron chi connectivity index (χ0n) is 9.66. The van der Waals surface area contributed by atoms with Crippen molar-refractivity contribution in [1.82, 2.24) is 10.6 Å². The molecule has 1 aliphatic carbocycles. The highest BCUT2D eigenvalue weighted by molar-refractivity contribution is 5.88. The van der Waals surface area contributed by atoms with Crippen molar-refractivity contribution in [3.8, 4) is 0 Å². The molecule has 94 valence electrons. The topological polar surface area (TPSA) is 84.2 Å². The minimum Gasteiger partial charge on any atom is -0.357 e. The molecular formula is C10H20ClN3O2. The lowest BCUT2D eigenvalue weighted by atomic mass is 10.0. The van der Waals surface area contributed by atoms with Crippen LogP contribution in [0, 0.1) is 5.92 Å². The molecule has 5 nitrogen and oxygen atoms in total. The number of nitrogens with one attached hydrogen (secondary N) is 2. The van der Waals surface area contributed by atoms with Crippen LogP contribution in [0.1, 0.15) is 26.2 Å². The monoisotopic (exact) mass is 249 g/mol. The molecule has 6 heteroatoms. The van der Waals surface area contributed by atoms with E-state index >= 15 is 0 Å². The van der Waals surface area contributed by atoms with Crippen LogP contribution in [-0.2, 0) is 9.59 Å². The highest BCUT2D eigenvalue weighted by Crippen LogP contribution is 2.23. The van der Waals surface area contributed by atoms with Crippen molar-refractivity contribution in [2.75, 3.05) is 7.05 Å². The zero-order chi connectivity index (χ0) is 11.4. The third kappa shape index (κ3) is 3.64. The standard InChI is InChI=1S/C10H19N3O2.ClH/c1-6(9(14)12-2)13-10(15)7-4-3-5-8(7)11;/h6-8H,3-5,11H2,1-2H3,(H,12,14)(H,13,15);1H/t6-,7?,8?;/m1./s1. The highest BCUT2D eigenvalue weighted by Gasteiger charge is 2.31. The molecule has 0 aromatic heterocycles. The summed E-state index contributed by atoms with van der Waals surface area (Å²) in [6.07, 6.45) is 2.72. The van der Waals surface area contributed by atoms with Crippen LogP contribution in [0.5, 0.6) is 0 Å². The molecule has 0 heterocycles. The first-order chi connectivity index (χ1) is 7.06. The fourth-order valence-corrected chi connectivity index (χ4v) is 1.92. The van der Waals surface area contributed by atoms with Gasteiger partial charge in [0.2, 0.25) is 11.8 Å². The van der Waals surface area contributed by atoms with Crippen molar-refractivity contribution in [1.29, 1.82) is 0 Å². The number of hydrogen-bond donors (Lipinski definition) is 3. The molecule has 0 aromatic rings. The molecule has 0 radical (unpaired) electrons. The largest absolute Gasteiger partial charge is 0.357 e. The fraction of sp³-hybridized carbons (Fsp3) is 0.800. The molecule has 0 aromatic carbocycles. The summed E-state index contributed by atoms with van der Waals surface area (Å²) >= 11 is 0. The second-order valence-corrected chi connectivity index (χ2v) is 4.05. The maximum atomic E-state index is 11.7. The number of rotatable bonds is 3. The predicted octanol–water partition coefficient (Wildman–Crippen LogP) is -0.214. The van der Waals surface area contributed by atoms with Gasteiger partial charge in [0.1, 0.15) is 6.04 Å². The molecule has 0 bridgehead atoms. The number of carbonyl (C=O) groups excluding carboxylic acids is 2. The Bertz CT molecular complexity index is 260. The maximum absolute atomic E-state index is 11.7. The first-order valence-corrected chi connectivity index (χ1v) is 5.33. The van der Waals surface area contributed by atoms with Crippen molar-refractivity contribution in [3.05, 3.63) is 0 Å². The molecule has 4 N–H and O–H groups in total. The average molecular weight is 250 g/mol. The summed E-state index contributed by atoms with van der Waals surface area (Å²) < 4.78 is 0. The molecule has 3 atom stereocenters. The Balaban J connectivity index is 0.00000225. The van der Waals surface area contributed by atoms with Gasteiger partial charge in [0, 0.05) is 13.1 Å². The van der Waals surface area contributed by atoms with E-state index in [0.717, 1.165) is 19.3 Å². The number of hydrogen-bond acceptors (Lipinski definition) is 3. The first-order valence-electron chi connectivity index (χ1n) is 5.33. The lowest BCUT2D eigenvalue weighted by molar-refractivity contribution is -0.130. The normalized spacial score (nSPS) is 25.4. The van der Waals surface area contributed by atoms with Gasteiger partial charge in [-0.3, -0.25) is 9.59 Å². The minimum absolute atomic E-state index is 0. The SMILES string of the molecule is CNC(=O)[C@@H](C)NC(=O)C1CCCC1N.Cl. The van der Waals surface area contributed by atoms with Crippen LogP contribution in [-0.4, -0.2) is 30.9 Å². The van der Waals surface area contributed by atoms with Crippen LogP contribution < -0.4 is 16.4 Å². The van der Waals surface area contributed by atoms with Crippen molar-refractivity contribution in [2.24, 2.45) is 11.7 Å². The Morgan fingerprint density at radius 3 is 2.44 bits per heavy atom. The number of carbonyl (C=O) groups is 2. The number of amides is 2. The third-order valence-corrected chi connectivity index (χ3v) is 2.90. The summed E-state index contributed by atoms with van der Waals surface area (Å²) in [6.45, 7) is 1.66. The van der Waals surface area contributed by atoms with E-state index in [1.54, 1.807) is 14.0 Å². The molecule has 1 saturated carbocycles. The lowest BCUT2D eigenvalue weighted by Crippen LogP contribution is -2.48. The summed E-state index contributed by atoms with van der Waals surface area (Å²) in [6, 6.07) is -0.544. The van der Waals surface area contributed by atoms with E-state index in [1.165, 1.54) is 0 Å². The molecule has 2 amide bonds. The van der Waals surface area contributed by atoms with Gasteiger partial charge in [-0.1, -0.05) is 6.42 Å². The summed E-state index contributed by atoms with van der Waals surface area (Å²) in [5.41, 5.74) is 5.80. The van der Waals surface area contributed by atoms with E-state index in [0.29, 0.717) is 0 Å². The van der Waals surface area contributed by atoms with Gasteiger partial charge in [-0.15, -0.1) is 12.4 Å². The molecule has 16 heavy (non-hydrogen) atoms. The smallest absolute Gasteiger partial charge is 0.242 e. The van der Waals surface area contributed by atoms with Crippen LogP contribution >= 0.6 is 12.4 Å². The molecule has 1 aliphatic rings. The van der Waals surface area contributed by atoms with Crippen molar-refractivity contribution >= 4 is 24.2 Å². The van der Waals surface area contributed by atoms with E-state index < -0.39 is 6.04 Å². The van der Waals surface area contributed by atoms with E-state index in [-0.39, 0.29) is 36.2 Å². The summed E-state index contributed by atoms with van der Waals surface area (Å²) in [7, 11) is 1.55. The molecule has 2 unspecified atom stereocenters. The zero-order valence-corrected chi connectivity index (χ0v) is 10.5. The van der Waals surface area contributed by atoms with Crippen LogP contribution in [0.4, 0.5) is 0 Å². The fourth-order valence-electron chi connectivity index (χ4n) is 1.92. The highest BCUT2D eigenvalue weighted by atomic mass is 35.5. The van der Waals surface area contributed by atoms with Gasteiger partial charge < -0.3 is 16.4 Å². The summed E-state index contributed by atoms with van der Waals surface area (Å²) in [5, 5.41) is 5.16. The number of likely N-dealkylation sites (N-methyl/N-ethyl adjacent to an activating group) is 1. The summed E-state index contributed by atoms with van der Waals surface area (Å²) in [4.78, 5) is 22.9. The number of nitrogens with two attached hydrogens (primary N) is 1. The third-order valence-electron chi connectivity index (χ3n) is 2.90. The van der Waals surface area contributed by atoms with E-state index in [2.05, 4.69) is 10.6 Å². The molecule has 0 spiro atoms. The van der Waals surface area contributed by atoms with Crippen LogP contribution in [0.3, 0.4) is 0 Å². The van der Waals surface area contributed by atoms with E-state index in [9.17, 15) is 9.59 Å². The van der Waals surface area contributed by atoms with Gasteiger partial charge in [0.15, 0.2) is 0 Å². The molecule has 0 saturated heterocycles. The van der Waals surface area contributed by atoms with E-state index in [4.69, 9.17) is 5.73 Å². The van der Waals surface area contributed by atoms with Crippen molar-refractivity contribution < 1.29 is 9.59 Å². The van der Waals surface area contributed by atoms with E-state index in [1.807, 2.05) is 0 Å². The number of halogens is 1. The van der Waals surface area contributed by atoms with Gasteiger partial charge in [0.05, 0.1) is 5.92 Å². The van der Waals surface area contributed by atoms with Gasteiger partial charge in [-0.25, -0.2) is 0 Å². The van der Waals surface area contributed by atoms with Crippen LogP contribution in [0.25, 0.3) is 0 Å². The predicted molar refractivity (Wildman–Crippen MR) is 64.2 cm³/mol. The Hall–Kier alpha value is -0.810. The lowest BCUT2D eigenvalue weighted by Gasteiger charge is -2.18. The Labute approximate surface area is 102 Å². The van der Waals surface area contributed by atoms with Crippen LogP contribution in [0.2, 0.25) is 0 Å². The van der Waals surface area contributed by atoms with Crippen molar-refractivity contribution in [3.63, 3.8) is 0 Å².